The third-order valence-corrected chi connectivity index (χ3v) is 3.21. The van der Waals surface area contributed by atoms with Crippen molar-refractivity contribution in [2.45, 2.75) is 19.3 Å². The number of benzene rings is 2. The Morgan fingerprint density at radius 2 is 1.79 bits per heavy atom. The molecule has 0 amide bonds. The molecule has 98 valence electrons. The van der Waals surface area contributed by atoms with E-state index in [4.69, 9.17) is 11.6 Å². The van der Waals surface area contributed by atoms with E-state index in [2.05, 4.69) is 0 Å². The van der Waals surface area contributed by atoms with E-state index in [-0.39, 0.29) is 18.2 Å². The third kappa shape index (κ3) is 3.65. The van der Waals surface area contributed by atoms with Crippen molar-refractivity contribution in [2.75, 3.05) is 0 Å². The molecule has 0 bridgehead atoms. The molecule has 1 unspecified atom stereocenters. The Bertz CT molecular complexity index is 549. The Hall–Kier alpha value is -1.67. The zero-order valence-electron chi connectivity index (χ0n) is 10.6. The summed E-state index contributed by atoms with van der Waals surface area (Å²) in [5.41, 5.74) is 2.83. The number of carbonyl (C=O) groups excluding carboxylic acids is 1. The van der Waals surface area contributed by atoms with Gasteiger partial charge >= 0.3 is 0 Å². The van der Waals surface area contributed by atoms with E-state index >= 15 is 0 Å². The molecule has 1 nitrogen and oxygen atoms in total. The summed E-state index contributed by atoms with van der Waals surface area (Å²) in [5.74, 6) is -0.516. The zero-order valence-corrected chi connectivity index (χ0v) is 11.3. The molecule has 0 aromatic heterocycles. The molecule has 0 saturated carbocycles. The molecule has 19 heavy (non-hydrogen) atoms. The number of halogens is 2. The summed E-state index contributed by atoms with van der Waals surface area (Å²) in [5, 5.41) is -0.421. The first-order valence-electron chi connectivity index (χ1n) is 6.06. The molecule has 0 fully saturated rings. The van der Waals surface area contributed by atoms with Gasteiger partial charge in [-0.05, 0) is 41.8 Å². The fourth-order valence-electron chi connectivity index (χ4n) is 2.20. The minimum atomic E-state index is -0.421. The summed E-state index contributed by atoms with van der Waals surface area (Å²) in [4.78, 5) is 11.2. The fourth-order valence-corrected chi connectivity index (χ4v) is 2.35. The van der Waals surface area contributed by atoms with Crippen LogP contribution < -0.4 is 0 Å². The fraction of sp³-hybridized carbons (Fsp3) is 0.188. The number of hydrogen-bond donors (Lipinski definition) is 0. The topological polar surface area (TPSA) is 17.1 Å². The van der Waals surface area contributed by atoms with Gasteiger partial charge in [0.25, 0.3) is 0 Å². The van der Waals surface area contributed by atoms with Crippen LogP contribution in [0.5, 0.6) is 0 Å². The quantitative estimate of drug-likeness (QED) is 0.756. The van der Waals surface area contributed by atoms with Crippen molar-refractivity contribution in [3.63, 3.8) is 0 Å². The van der Waals surface area contributed by atoms with Crippen molar-refractivity contribution >= 4 is 16.8 Å². The van der Waals surface area contributed by atoms with E-state index < -0.39 is 5.24 Å². The second-order valence-electron chi connectivity index (χ2n) is 4.58. The lowest BCUT2D eigenvalue weighted by atomic mass is 9.88. The number of carbonyl (C=O) groups is 1. The average molecular weight is 277 g/mol. The molecule has 0 aliphatic rings. The van der Waals surface area contributed by atoms with Crippen LogP contribution in [0.25, 0.3) is 0 Å². The zero-order chi connectivity index (χ0) is 13.8. The highest BCUT2D eigenvalue weighted by Crippen LogP contribution is 2.29. The molecule has 2 aromatic rings. The molecule has 0 radical (unpaired) electrons. The molecule has 0 aliphatic carbocycles. The SMILES string of the molecule is Cc1cccc(C(CC(=O)Cl)c2cccc(F)c2)c1. The minimum absolute atomic E-state index is 0.161. The van der Waals surface area contributed by atoms with Crippen molar-refractivity contribution in [1.29, 1.82) is 0 Å². The van der Waals surface area contributed by atoms with Gasteiger partial charge < -0.3 is 0 Å². The maximum atomic E-state index is 13.3. The summed E-state index contributed by atoms with van der Waals surface area (Å²) >= 11 is 5.52. The van der Waals surface area contributed by atoms with Crippen LogP contribution in [0, 0.1) is 12.7 Å². The van der Waals surface area contributed by atoms with Gasteiger partial charge in [-0.2, -0.15) is 0 Å². The first kappa shape index (κ1) is 13.8. The predicted octanol–water partition coefficient (Wildman–Crippen LogP) is 4.42. The van der Waals surface area contributed by atoms with Gasteiger partial charge in [0.1, 0.15) is 5.82 Å². The normalized spacial score (nSPS) is 12.2. The van der Waals surface area contributed by atoms with Gasteiger partial charge in [0.2, 0.25) is 5.24 Å². The van der Waals surface area contributed by atoms with Crippen LogP contribution in [0.1, 0.15) is 29.0 Å². The lowest BCUT2D eigenvalue weighted by Crippen LogP contribution is -2.05. The molecule has 0 saturated heterocycles. The maximum absolute atomic E-state index is 13.3. The van der Waals surface area contributed by atoms with E-state index in [1.54, 1.807) is 6.07 Å². The third-order valence-electron chi connectivity index (χ3n) is 3.06. The minimum Gasteiger partial charge on any atom is -0.281 e. The van der Waals surface area contributed by atoms with E-state index in [1.165, 1.54) is 12.1 Å². The number of hydrogen-bond acceptors (Lipinski definition) is 1. The van der Waals surface area contributed by atoms with Gasteiger partial charge in [0.15, 0.2) is 0 Å². The van der Waals surface area contributed by atoms with Crippen molar-refractivity contribution in [3.05, 3.63) is 71.0 Å². The standard InChI is InChI=1S/C16H14ClFO/c1-11-4-2-5-12(8-11)15(10-16(17)19)13-6-3-7-14(18)9-13/h2-9,15H,10H2,1H3. The Labute approximate surface area is 117 Å². The predicted molar refractivity (Wildman–Crippen MR) is 74.9 cm³/mol. The first-order chi connectivity index (χ1) is 9.06. The van der Waals surface area contributed by atoms with Crippen molar-refractivity contribution in [1.82, 2.24) is 0 Å². The van der Waals surface area contributed by atoms with Gasteiger partial charge in [-0.25, -0.2) is 4.39 Å². The second-order valence-corrected chi connectivity index (χ2v) is 5.00. The van der Waals surface area contributed by atoms with Gasteiger partial charge in [-0.15, -0.1) is 0 Å². The summed E-state index contributed by atoms with van der Waals surface area (Å²) in [6.45, 7) is 1.98. The highest BCUT2D eigenvalue weighted by molar-refractivity contribution is 6.63. The lowest BCUT2D eigenvalue weighted by Gasteiger charge is -2.16. The Balaban J connectivity index is 2.44. The summed E-state index contributed by atoms with van der Waals surface area (Å²) in [7, 11) is 0. The molecule has 0 heterocycles. The van der Waals surface area contributed by atoms with Crippen LogP contribution in [0.15, 0.2) is 48.5 Å². The van der Waals surface area contributed by atoms with E-state index in [0.717, 1.165) is 16.7 Å². The first-order valence-corrected chi connectivity index (χ1v) is 6.44. The van der Waals surface area contributed by atoms with Gasteiger partial charge in [0.05, 0.1) is 0 Å². The highest BCUT2D eigenvalue weighted by Gasteiger charge is 2.17. The molecule has 0 N–H and O–H groups in total. The Morgan fingerprint density at radius 1 is 1.16 bits per heavy atom. The largest absolute Gasteiger partial charge is 0.281 e. The molecular weight excluding hydrogens is 263 g/mol. The molecule has 2 rings (SSSR count). The average Bonchev–Trinajstić information content (AvgIpc) is 2.35. The maximum Gasteiger partial charge on any atom is 0.222 e. The molecule has 0 spiro atoms. The Kier molecular flexibility index (Phi) is 4.33. The monoisotopic (exact) mass is 276 g/mol. The molecular formula is C16H14ClFO. The van der Waals surface area contributed by atoms with E-state index in [9.17, 15) is 9.18 Å². The highest BCUT2D eigenvalue weighted by atomic mass is 35.5. The van der Waals surface area contributed by atoms with Crippen LogP contribution in [0.2, 0.25) is 0 Å². The molecule has 3 heteroatoms. The second kappa shape index (κ2) is 5.98. The number of aryl methyl sites for hydroxylation is 1. The molecule has 0 aliphatic heterocycles. The van der Waals surface area contributed by atoms with Gasteiger partial charge in [-0.1, -0.05) is 42.0 Å². The van der Waals surface area contributed by atoms with Crippen molar-refractivity contribution in [2.24, 2.45) is 0 Å². The van der Waals surface area contributed by atoms with E-state index in [1.807, 2.05) is 37.3 Å². The number of rotatable bonds is 4. The summed E-state index contributed by atoms with van der Waals surface area (Å²) < 4.78 is 13.3. The smallest absolute Gasteiger partial charge is 0.222 e. The van der Waals surface area contributed by atoms with Crippen LogP contribution in [0.4, 0.5) is 4.39 Å². The summed E-state index contributed by atoms with van der Waals surface area (Å²) in [6.07, 6.45) is 0.161. The van der Waals surface area contributed by atoms with Crippen molar-refractivity contribution in [3.8, 4) is 0 Å². The molecule has 2 aromatic carbocycles. The molecule has 1 atom stereocenters. The summed E-state index contributed by atoms with van der Waals surface area (Å²) in [6, 6.07) is 14.1. The van der Waals surface area contributed by atoms with Crippen LogP contribution in [-0.4, -0.2) is 5.24 Å². The van der Waals surface area contributed by atoms with Crippen LogP contribution in [-0.2, 0) is 4.79 Å². The van der Waals surface area contributed by atoms with Crippen LogP contribution in [0.3, 0.4) is 0 Å². The lowest BCUT2D eigenvalue weighted by molar-refractivity contribution is -0.111. The van der Waals surface area contributed by atoms with E-state index in [0.29, 0.717) is 0 Å². The van der Waals surface area contributed by atoms with Gasteiger partial charge in [0, 0.05) is 12.3 Å². The Morgan fingerprint density at radius 3 is 2.37 bits per heavy atom. The van der Waals surface area contributed by atoms with Crippen molar-refractivity contribution < 1.29 is 9.18 Å². The van der Waals surface area contributed by atoms with Crippen LogP contribution >= 0.6 is 11.6 Å². The van der Waals surface area contributed by atoms with Gasteiger partial charge in [-0.3, -0.25) is 4.79 Å².